The highest BCUT2D eigenvalue weighted by Gasteiger charge is 2.19. The number of hydrogen-bond donors (Lipinski definition) is 2. The van der Waals surface area contributed by atoms with Crippen LogP contribution >= 0.6 is 0 Å². The quantitative estimate of drug-likeness (QED) is 0.472. The van der Waals surface area contributed by atoms with Gasteiger partial charge in [0, 0.05) is 12.1 Å². The van der Waals surface area contributed by atoms with Crippen molar-refractivity contribution >= 4 is 17.3 Å². The van der Waals surface area contributed by atoms with Gasteiger partial charge in [-0.2, -0.15) is 0 Å². The third kappa shape index (κ3) is 3.36. The average Bonchev–Trinajstić information content (AvgIpc) is 2.28. The number of rotatable bonds is 5. The fourth-order valence-electron chi connectivity index (χ4n) is 1.28. The van der Waals surface area contributed by atoms with Gasteiger partial charge in [0.25, 0.3) is 5.69 Å². The molecule has 0 fully saturated rings. The molecule has 0 spiro atoms. The molecule has 1 unspecified atom stereocenters. The molecule has 0 heterocycles. The van der Waals surface area contributed by atoms with E-state index in [9.17, 15) is 19.3 Å². The zero-order chi connectivity index (χ0) is 13.7. The van der Waals surface area contributed by atoms with Crippen molar-refractivity contribution in [2.24, 2.45) is 5.73 Å². The number of amides is 1. The third-order valence-corrected chi connectivity index (χ3v) is 2.17. The molecule has 1 aromatic rings. The van der Waals surface area contributed by atoms with Crippen molar-refractivity contribution in [3.8, 4) is 0 Å². The highest BCUT2D eigenvalue weighted by molar-refractivity contribution is 5.96. The number of nitro benzene ring substituents is 1. The molecule has 6 nitrogen and oxygen atoms in total. The maximum absolute atomic E-state index is 13.0. The summed E-state index contributed by atoms with van der Waals surface area (Å²) in [6, 6.07) is 1.91. The number of nitrogens with two attached hydrogens (primary N) is 1. The molecule has 7 heteroatoms. The lowest BCUT2D eigenvalue weighted by molar-refractivity contribution is -0.384. The van der Waals surface area contributed by atoms with Gasteiger partial charge in [-0.15, -0.1) is 6.58 Å². The fraction of sp³-hybridized carbons (Fsp3) is 0.182. The molecule has 0 bridgehead atoms. The Hall–Kier alpha value is -2.28. The molecule has 0 aromatic heterocycles. The largest absolute Gasteiger partial charge is 0.320 e. The topological polar surface area (TPSA) is 98.3 Å². The highest BCUT2D eigenvalue weighted by atomic mass is 19.1. The van der Waals surface area contributed by atoms with Crippen LogP contribution in [0.5, 0.6) is 0 Å². The van der Waals surface area contributed by atoms with E-state index in [2.05, 4.69) is 11.9 Å². The molecule has 96 valence electrons. The van der Waals surface area contributed by atoms with Crippen LogP contribution in [0.25, 0.3) is 0 Å². The van der Waals surface area contributed by atoms with Crippen LogP contribution in [0.3, 0.4) is 0 Å². The Morgan fingerprint density at radius 1 is 1.67 bits per heavy atom. The molecule has 0 saturated carbocycles. The predicted octanol–water partition coefficient (Wildman–Crippen LogP) is 1.58. The number of carbonyl (C=O) groups excluding carboxylic acids is 1. The van der Waals surface area contributed by atoms with E-state index in [1.165, 1.54) is 6.08 Å². The molecule has 3 N–H and O–H groups in total. The van der Waals surface area contributed by atoms with E-state index < -0.39 is 28.4 Å². The van der Waals surface area contributed by atoms with E-state index in [0.717, 1.165) is 18.2 Å². The van der Waals surface area contributed by atoms with Crippen LogP contribution in [0.15, 0.2) is 30.9 Å². The monoisotopic (exact) mass is 253 g/mol. The Labute approximate surface area is 102 Å². The summed E-state index contributed by atoms with van der Waals surface area (Å²) < 4.78 is 13.0. The SMILES string of the molecule is C=CCC(N)C(=O)Nc1cc(F)ccc1[N+](=O)[O-]. The zero-order valence-electron chi connectivity index (χ0n) is 9.43. The number of nitrogens with zero attached hydrogens (tertiary/aromatic N) is 1. The van der Waals surface area contributed by atoms with Crippen molar-refractivity contribution in [2.45, 2.75) is 12.5 Å². The van der Waals surface area contributed by atoms with Gasteiger partial charge in [0.05, 0.1) is 11.0 Å². The summed E-state index contributed by atoms with van der Waals surface area (Å²) in [6.07, 6.45) is 1.67. The number of nitro groups is 1. The summed E-state index contributed by atoms with van der Waals surface area (Å²) in [4.78, 5) is 21.5. The lowest BCUT2D eigenvalue weighted by Gasteiger charge is -2.10. The van der Waals surface area contributed by atoms with Crippen molar-refractivity contribution in [3.63, 3.8) is 0 Å². The molecule has 1 aromatic carbocycles. The van der Waals surface area contributed by atoms with Gasteiger partial charge in [0.2, 0.25) is 5.91 Å². The summed E-state index contributed by atoms with van der Waals surface area (Å²) >= 11 is 0. The van der Waals surface area contributed by atoms with Crippen molar-refractivity contribution in [2.75, 3.05) is 5.32 Å². The molecule has 0 aliphatic heterocycles. The van der Waals surface area contributed by atoms with E-state index >= 15 is 0 Å². The smallest absolute Gasteiger partial charge is 0.292 e. The first-order valence-electron chi connectivity index (χ1n) is 5.07. The van der Waals surface area contributed by atoms with E-state index in [-0.39, 0.29) is 12.1 Å². The van der Waals surface area contributed by atoms with Gasteiger partial charge in [0.1, 0.15) is 11.5 Å². The summed E-state index contributed by atoms with van der Waals surface area (Å²) in [5.74, 6) is -1.32. The Kier molecular flexibility index (Phi) is 4.50. The second kappa shape index (κ2) is 5.87. The van der Waals surface area contributed by atoms with E-state index in [1.807, 2.05) is 0 Å². The van der Waals surface area contributed by atoms with Gasteiger partial charge in [-0.05, 0) is 12.5 Å². The molecular formula is C11H12FN3O3. The average molecular weight is 253 g/mol. The van der Waals surface area contributed by atoms with Crippen LogP contribution < -0.4 is 11.1 Å². The number of carbonyl (C=O) groups is 1. The molecular weight excluding hydrogens is 241 g/mol. The van der Waals surface area contributed by atoms with E-state index in [0.29, 0.717) is 0 Å². The second-order valence-electron chi connectivity index (χ2n) is 3.54. The Morgan fingerprint density at radius 2 is 2.33 bits per heavy atom. The van der Waals surface area contributed by atoms with Crippen LogP contribution in [0.1, 0.15) is 6.42 Å². The lowest BCUT2D eigenvalue weighted by Crippen LogP contribution is -2.35. The second-order valence-corrected chi connectivity index (χ2v) is 3.54. The van der Waals surface area contributed by atoms with Crippen molar-refractivity contribution in [1.82, 2.24) is 0 Å². The molecule has 1 amide bonds. The number of benzene rings is 1. The van der Waals surface area contributed by atoms with E-state index in [4.69, 9.17) is 5.73 Å². The van der Waals surface area contributed by atoms with Crippen molar-refractivity contribution in [1.29, 1.82) is 0 Å². The van der Waals surface area contributed by atoms with Crippen molar-refractivity contribution in [3.05, 3.63) is 46.8 Å². The van der Waals surface area contributed by atoms with Gasteiger partial charge in [0.15, 0.2) is 0 Å². The van der Waals surface area contributed by atoms with Crippen LogP contribution in [0, 0.1) is 15.9 Å². The van der Waals surface area contributed by atoms with Gasteiger partial charge in [-0.25, -0.2) is 4.39 Å². The van der Waals surface area contributed by atoms with E-state index in [1.54, 1.807) is 0 Å². The zero-order valence-corrected chi connectivity index (χ0v) is 9.43. The molecule has 0 aliphatic rings. The number of halogens is 1. The van der Waals surface area contributed by atoms with Crippen LogP contribution in [-0.2, 0) is 4.79 Å². The molecule has 0 saturated heterocycles. The number of nitrogens with one attached hydrogen (secondary N) is 1. The minimum absolute atomic E-state index is 0.217. The van der Waals surface area contributed by atoms with Crippen LogP contribution in [0.4, 0.5) is 15.8 Å². The normalized spacial score (nSPS) is 11.7. The molecule has 0 radical (unpaired) electrons. The lowest BCUT2D eigenvalue weighted by atomic mass is 10.2. The predicted molar refractivity (Wildman–Crippen MR) is 64.5 cm³/mol. The maximum atomic E-state index is 13.0. The van der Waals surface area contributed by atoms with Gasteiger partial charge >= 0.3 is 0 Å². The number of anilines is 1. The highest BCUT2D eigenvalue weighted by Crippen LogP contribution is 2.24. The van der Waals surface area contributed by atoms with Gasteiger partial charge < -0.3 is 11.1 Å². The Bertz CT molecular complexity index is 490. The van der Waals surface area contributed by atoms with Crippen LogP contribution in [0.2, 0.25) is 0 Å². The van der Waals surface area contributed by atoms with Crippen molar-refractivity contribution < 1.29 is 14.1 Å². The molecule has 1 rings (SSSR count). The first-order valence-corrected chi connectivity index (χ1v) is 5.07. The fourth-order valence-corrected chi connectivity index (χ4v) is 1.28. The maximum Gasteiger partial charge on any atom is 0.292 e. The third-order valence-electron chi connectivity index (χ3n) is 2.17. The van der Waals surface area contributed by atoms with Gasteiger partial charge in [-0.1, -0.05) is 6.08 Å². The summed E-state index contributed by atoms with van der Waals surface area (Å²) in [7, 11) is 0. The minimum atomic E-state index is -0.884. The standard InChI is InChI=1S/C11H12FN3O3/c1-2-3-8(13)11(16)14-9-6-7(12)4-5-10(9)15(17)18/h2,4-6,8H,1,3,13H2,(H,14,16). The van der Waals surface area contributed by atoms with Gasteiger partial charge in [-0.3, -0.25) is 14.9 Å². The summed E-state index contributed by atoms with van der Waals surface area (Å²) in [5, 5.41) is 12.9. The Morgan fingerprint density at radius 3 is 2.89 bits per heavy atom. The summed E-state index contributed by atoms with van der Waals surface area (Å²) in [6.45, 7) is 3.42. The number of hydrogen-bond acceptors (Lipinski definition) is 4. The minimum Gasteiger partial charge on any atom is -0.320 e. The molecule has 18 heavy (non-hydrogen) atoms. The summed E-state index contributed by atoms with van der Waals surface area (Å²) in [5.41, 5.74) is 4.88. The molecule has 0 aliphatic carbocycles. The van der Waals surface area contributed by atoms with Crippen LogP contribution in [-0.4, -0.2) is 16.9 Å². The first-order chi connectivity index (χ1) is 8.45. The first kappa shape index (κ1) is 13.8. The molecule has 1 atom stereocenters. The Balaban J connectivity index is 2.95.